The predicted molar refractivity (Wildman–Crippen MR) is 65.0 cm³/mol. The van der Waals surface area contributed by atoms with Crippen LogP contribution in [0.2, 0.25) is 0 Å². The minimum absolute atomic E-state index is 0.0117. The molecule has 0 aromatic rings. The van der Waals surface area contributed by atoms with Gasteiger partial charge in [-0.25, -0.2) is 4.79 Å². The third-order valence-electron chi connectivity index (χ3n) is 4.30. The molecule has 2 aliphatic rings. The second-order valence-corrected chi connectivity index (χ2v) is 5.55. The number of fused-ring (bicyclic) bond motifs is 2. The molecule has 0 aromatic heterocycles. The van der Waals surface area contributed by atoms with Gasteiger partial charge in [0.15, 0.2) is 6.04 Å². The molecular formula is C13H21NO4. The molecule has 2 aliphatic carbocycles. The highest BCUT2D eigenvalue weighted by Crippen LogP contribution is 2.49. The highest BCUT2D eigenvalue weighted by molar-refractivity contribution is 5.83. The zero-order valence-corrected chi connectivity index (χ0v) is 10.7. The normalized spacial score (nSPS) is 31.3. The lowest BCUT2D eigenvalue weighted by atomic mass is 9.86. The van der Waals surface area contributed by atoms with E-state index >= 15 is 0 Å². The summed E-state index contributed by atoms with van der Waals surface area (Å²) in [5, 5.41) is 11.5. The van der Waals surface area contributed by atoms with Crippen molar-refractivity contribution in [2.24, 2.45) is 17.8 Å². The van der Waals surface area contributed by atoms with Crippen LogP contribution in [-0.4, -0.2) is 36.7 Å². The Balaban J connectivity index is 1.79. The van der Waals surface area contributed by atoms with Crippen molar-refractivity contribution in [3.63, 3.8) is 0 Å². The molecule has 2 rings (SSSR count). The fourth-order valence-electron chi connectivity index (χ4n) is 3.46. The molecule has 4 unspecified atom stereocenters. The molecule has 5 heteroatoms. The summed E-state index contributed by atoms with van der Waals surface area (Å²) in [6.07, 6.45) is 5.42. The standard InChI is InChI=1S/C13H21NO4/c1-18-7-11(13(16)17)14-12(15)6-10-5-8-2-3-9(10)4-8/h8-11H,2-7H2,1H3,(H,14,15)(H,16,17). The Bertz CT molecular complexity index is 331. The molecule has 5 nitrogen and oxygen atoms in total. The van der Waals surface area contributed by atoms with Crippen LogP contribution in [0.15, 0.2) is 0 Å². The van der Waals surface area contributed by atoms with Crippen LogP contribution < -0.4 is 5.32 Å². The fourth-order valence-corrected chi connectivity index (χ4v) is 3.46. The topological polar surface area (TPSA) is 75.6 Å². The summed E-state index contributed by atoms with van der Waals surface area (Å²) in [6.45, 7) is 0.0117. The second-order valence-electron chi connectivity index (χ2n) is 5.55. The molecule has 18 heavy (non-hydrogen) atoms. The molecule has 4 atom stereocenters. The van der Waals surface area contributed by atoms with Crippen molar-refractivity contribution in [1.82, 2.24) is 5.32 Å². The maximum atomic E-state index is 11.8. The molecule has 2 saturated carbocycles. The SMILES string of the molecule is COCC(NC(=O)CC1CC2CCC1C2)C(=O)O. The average molecular weight is 255 g/mol. The lowest BCUT2D eigenvalue weighted by molar-refractivity contribution is -0.143. The minimum Gasteiger partial charge on any atom is -0.480 e. The van der Waals surface area contributed by atoms with E-state index in [4.69, 9.17) is 9.84 Å². The first-order valence-electron chi connectivity index (χ1n) is 6.61. The van der Waals surface area contributed by atoms with Crippen molar-refractivity contribution in [2.75, 3.05) is 13.7 Å². The highest BCUT2D eigenvalue weighted by atomic mass is 16.5. The molecule has 2 fully saturated rings. The number of hydrogen-bond acceptors (Lipinski definition) is 3. The number of ether oxygens (including phenoxy) is 1. The van der Waals surface area contributed by atoms with Gasteiger partial charge in [-0.2, -0.15) is 0 Å². The zero-order valence-electron chi connectivity index (χ0n) is 10.7. The van der Waals surface area contributed by atoms with Crippen LogP contribution in [0.5, 0.6) is 0 Å². The molecule has 0 aromatic carbocycles. The molecule has 1 amide bonds. The van der Waals surface area contributed by atoms with Gasteiger partial charge in [-0.15, -0.1) is 0 Å². The summed E-state index contributed by atoms with van der Waals surface area (Å²) in [4.78, 5) is 22.7. The smallest absolute Gasteiger partial charge is 0.328 e. The van der Waals surface area contributed by atoms with Gasteiger partial charge in [-0.3, -0.25) is 4.79 Å². The second kappa shape index (κ2) is 5.69. The maximum Gasteiger partial charge on any atom is 0.328 e. The predicted octanol–water partition coefficient (Wildman–Crippen LogP) is 1.03. The Morgan fingerprint density at radius 2 is 2.17 bits per heavy atom. The van der Waals surface area contributed by atoms with Gasteiger partial charge < -0.3 is 15.2 Å². The number of carboxylic acid groups (broad SMARTS) is 1. The third kappa shape index (κ3) is 3.02. The number of aliphatic carboxylic acids is 1. The van der Waals surface area contributed by atoms with E-state index in [1.165, 1.54) is 26.4 Å². The Hall–Kier alpha value is -1.10. The maximum absolute atomic E-state index is 11.8. The fraction of sp³-hybridized carbons (Fsp3) is 0.846. The number of amides is 1. The van der Waals surface area contributed by atoms with Gasteiger partial charge in [-0.1, -0.05) is 6.42 Å². The molecule has 0 heterocycles. The van der Waals surface area contributed by atoms with Crippen molar-refractivity contribution in [3.05, 3.63) is 0 Å². The molecule has 102 valence electrons. The third-order valence-corrected chi connectivity index (χ3v) is 4.30. The number of carbonyl (C=O) groups is 2. The molecular weight excluding hydrogens is 234 g/mol. The van der Waals surface area contributed by atoms with Crippen molar-refractivity contribution in [2.45, 2.75) is 38.1 Å². The minimum atomic E-state index is -1.04. The largest absolute Gasteiger partial charge is 0.480 e. The van der Waals surface area contributed by atoms with Crippen LogP contribution in [0, 0.1) is 17.8 Å². The summed E-state index contributed by atoms with van der Waals surface area (Å²) in [6, 6.07) is -0.930. The van der Waals surface area contributed by atoms with Gasteiger partial charge in [-0.05, 0) is 37.0 Å². The zero-order chi connectivity index (χ0) is 13.1. The lowest BCUT2D eigenvalue weighted by Crippen LogP contribution is -2.44. The first-order valence-corrected chi connectivity index (χ1v) is 6.61. The Morgan fingerprint density at radius 3 is 2.67 bits per heavy atom. The van der Waals surface area contributed by atoms with Crippen molar-refractivity contribution >= 4 is 11.9 Å². The van der Waals surface area contributed by atoms with E-state index in [1.54, 1.807) is 0 Å². The van der Waals surface area contributed by atoms with Crippen LogP contribution in [0.1, 0.15) is 32.1 Å². The van der Waals surface area contributed by atoms with E-state index in [0.717, 1.165) is 12.3 Å². The average Bonchev–Trinajstić information content (AvgIpc) is 2.90. The quantitative estimate of drug-likeness (QED) is 0.743. The van der Waals surface area contributed by atoms with Gasteiger partial charge >= 0.3 is 5.97 Å². The first kappa shape index (κ1) is 13.3. The van der Waals surface area contributed by atoms with Gasteiger partial charge in [0.2, 0.25) is 5.91 Å². The molecule has 2 bridgehead atoms. The number of carbonyl (C=O) groups excluding carboxylic acids is 1. The summed E-state index contributed by atoms with van der Waals surface area (Å²) < 4.78 is 4.79. The Kier molecular flexibility index (Phi) is 4.22. The van der Waals surface area contributed by atoms with Gasteiger partial charge in [0.25, 0.3) is 0 Å². The number of methoxy groups -OCH3 is 1. The Labute approximate surface area is 107 Å². The van der Waals surface area contributed by atoms with Crippen LogP contribution in [0.3, 0.4) is 0 Å². The molecule has 0 saturated heterocycles. The van der Waals surface area contributed by atoms with Crippen LogP contribution in [-0.2, 0) is 14.3 Å². The van der Waals surface area contributed by atoms with E-state index in [9.17, 15) is 9.59 Å². The molecule has 0 aliphatic heterocycles. The highest BCUT2D eigenvalue weighted by Gasteiger charge is 2.40. The van der Waals surface area contributed by atoms with Crippen molar-refractivity contribution in [3.8, 4) is 0 Å². The van der Waals surface area contributed by atoms with Crippen LogP contribution >= 0.6 is 0 Å². The molecule has 0 spiro atoms. The van der Waals surface area contributed by atoms with E-state index in [0.29, 0.717) is 18.3 Å². The summed E-state index contributed by atoms with van der Waals surface area (Å²) in [7, 11) is 1.43. The van der Waals surface area contributed by atoms with E-state index in [-0.39, 0.29) is 12.5 Å². The number of nitrogens with one attached hydrogen (secondary N) is 1. The Morgan fingerprint density at radius 1 is 1.39 bits per heavy atom. The summed E-state index contributed by atoms with van der Waals surface area (Å²) >= 11 is 0. The van der Waals surface area contributed by atoms with E-state index in [1.807, 2.05) is 0 Å². The van der Waals surface area contributed by atoms with Gasteiger partial charge in [0.1, 0.15) is 0 Å². The summed E-state index contributed by atoms with van der Waals surface area (Å²) in [5.74, 6) is 0.754. The number of hydrogen-bond donors (Lipinski definition) is 2. The van der Waals surface area contributed by atoms with Crippen LogP contribution in [0.25, 0.3) is 0 Å². The van der Waals surface area contributed by atoms with Gasteiger partial charge in [0, 0.05) is 13.5 Å². The van der Waals surface area contributed by atoms with E-state index in [2.05, 4.69) is 5.32 Å². The number of carboxylic acids is 1. The monoisotopic (exact) mass is 255 g/mol. The molecule has 0 radical (unpaired) electrons. The summed E-state index contributed by atoms with van der Waals surface area (Å²) in [5.41, 5.74) is 0. The molecule has 2 N–H and O–H groups in total. The van der Waals surface area contributed by atoms with Crippen molar-refractivity contribution < 1.29 is 19.4 Å². The lowest BCUT2D eigenvalue weighted by Gasteiger charge is -2.22. The van der Waals surface area contributed by atoms with Crippen LogP contribution in [0.4, 0.5) is 0 Å². The number of rotatable bonds is 6. The van der Waals surface area contributed by atoms with Crippen molar-refractivity contribution in [1.29, 1.82) is 0 Å². The van der Waals surface area contributed by atoms with E-state index < -0.39 is 12.0 Å². The first-order chi connectivity index (χ1) is 8.60. The van der Waals surface area contributed by atoms with Gasteiger partial charge in [0.05, 0.1) is 6.61 Å².